The molecule has 1 aromatic heterocycles. The molecule has 81 heavy (non-hydrogen) atoms. The fourth-order valence-corrected chi connectivity index (χ4v) is 10.2. The first-order valence-electron chi connectivity index (χ1n) is 26.9. The van der Waals surface area contributed by atoms with Crippen molar-refractivity contribution >= 4 is 52.6 Å². The summed E-state index contributed by atoms with van der Waals surface area (Å²) in [6.45, 7) is 11.9. The Labute approximate surface area is 470 Å². The summed E-state index contributed by atoms with van der Waals surface area (Å²) >= 11 is 0. The first-order valence-corrected chi connectivity index (χ1v) is 26.9. The molecule has 20 heteroatoms. The summed E-state index contributed by atoms with van der Waals surface area (Å²) in [5.74, 6) is -3.67. The van der Waals surface area contributed by atoms with Gasteiger partial charge in [-0.3, -0.25) is 19.3 Å². The molecule has 1 saturated heterocycles. The zero-order valence-electron chi connectivity index (χ0n) is 47.0. The maximum Gasteiger partial charge on any atom is 0.410 e. The second kappa shape index (κ2) is 24.7. The fraction of sp³-hybridized carbons (Fsp3) is 0.393. The second-order valence-corrected chi connectivity index (χ2v) is 22.6. The van der Waals surface area contributed by atoms with Crippen LogP contribution in [0.5, 0.6) is 5.75 Å². The monoisotopic (exact) mass is 1110 g/mol. The number of benzene rings is 5. The van der Waals surface area contributed by atoms with E-state index in [1.54, 1.807) is 78.1 Å². The van der Waals surface area contributed by atoms with Gasteiger partial charge in [0.1, 0.15) is 60.5 Å². The Balaban J connectivity index is 0.950. The molecule has 5 amide bonds. The van der Waals surface area contributed by atoms with Gasteiger partial charge in [-0.05, 0) is 95.8 Å². The third-order valence-corrected chi connectivity index (χ3v) is 14.6. The van der Waals surface area contributed by atoms with Gasteiger partial charge < -0.3 is 44.9 Å². The molecule has 5 aromatic carbocycles. The van der Waals surface area contributed by atoms with Crippen LogP contribution in [0.2, 0.25) is 0 Å². The predicted molar refractivity (Wildman–Crippen MR) is 300 cm³/mol. The van der Waals surface area contributed by atoms with Gasteiger partial charge in [0.15, 0.2) is 0 Å². The second-order valence-electron chi connectivity index (χ2n) is 22.6. The molecule has 2 heterocycles. The lowest BCUT2D eigenvalue weighted by Crippen LogP contribution is -2.61. The highest BCUT2D eigenvalue weighted by atomic mass is 16.6. The molecule has 1 aliphatic heterocycles. The van der Waals surface area contributed by atoms with Gasteiger partial charge in [-0.25, -0.2) is 23.9 Å². The Bertz CT molecular complexity index is 3250. The van der Waals surface area contributed by atoms with Crippen LogP contribution < -0.4 is 20.7 Å². The molecule has 0 bridgehead atoms. The Kier molecular flexibility index (Phi) is 17.8. The number of ether oxygens (including phenoxy) is 4. The minimum absolute atomic E-state index is 0.0237. The molecule has 0 radical (unpaired) electrons. The molecule has 2 aliphatic rings. The van der Waals surface area contributed by atoms with Gasteiger partial charge in [0.05, 0.1) is 19.3 Å². The molecule has 1 fully saturated rings. The number of aliphatic carboxylic acids is 1. The average molecular weight is 1110 g/mol. The highest BCUT2D eigenvalue weighted by Gasteiger charge is 2.48. The maximum absolute atomic E-state index is 14.9. The van der Waals surface area contributed by atoms with Gasteiger partial charge in [-0.1, -0.05) is 129 Å². The van der Waals surface area contributed by atoms with Crippen LogP contribution in [0.15, 0.2) is 121 Å². The van der Waals surface area contributed by atoms with E-state index in [1.165, 1.54) is 30.7 Å². The number of rotatable bonds is 19. The number of hydrogen-bond acceptors (Lipinski definition) is 13. The van der Waals surface area contributed by atoms with Crippen LogP contribution in [0.4, 0.5) is 9.59 Å². The number of carboxylic acids is 1. The SMILES string of the molecule is COC(=O)[C@H](Cc1ccc(OCc2cn([C@@H]3CCN(C(=O)[C@@H](NC(=O)[C@H](C)N(C)C(=O)OC(C)(C)C)C(C)(C)C)[C@@H]3C(=O)N[C@@H](Cc3ccc4ccccc4c3)C(=O)O)nn2)cc1)NC(=O)OCC1c2ccccc2-c2ccccc21. The van der Waals surface area contributed by atoms with Gasteiger partial charge in [0, 0.05) is 32.4 Å². The molecule has 0 spiro atoms. The number of methoxy groups -OCH3 is 1. The number of alkyl carbamates (subject to hydrolysis) is 1. The van der Waals surface area contributed by atoms with Gasteiger partial charge in [-0.2, -0.15) is 0 Å². The van der Waals surface area contributed by atoms with E-state index in [9.17, 15) is 38.7 Å². The molecule has 6 aromatic rings. The number of fused-ring (bicyclic) bond motifs is 4. The van der Waals surface area contributed by atoms with Crippen molar-refractivity contribution in [3.8, 4) is 16.9 Å². The van der Waals surface area contributed by atoms with E-state index in [0.717, 1.165) is 37.9 Å². The number of carboxylic acid groups (broad SMARTS) is 1. The van der Waals surface area contributed by atoms with Crippen molar-refractivity contribution in [2.75, 3.05) is 27.3 Å². The van der Waals surface area contributed by atoms with E-state index in [1.807, 2.05) is 84.9 Å². The lowest BCUT2D eigenvalue weighted by Gasteiger charge is -2.37. The first kappa shape index (κ1) is 58.3. The lowest BCUT2D eigenvalue weighted by atomic mass is 9.85. The van der Waals surface area contributed by atoms with E-state index in [-0.39, 0.29) is 44.9 Å². The van der Waals surface area contributed by atoms with Crippen LogP contribution in [-0.4, -0.2) is 135 Å². The summed E-state index contributed by atoms with van der Waals surface area (Å²) in [6, 6.07) is 29.2. The van der Waals surface area contributed by atoms with Crippen LogP contribution in [0, 0.1) is 5.41 Å². The summed E-state index contributed by atoms with van der Waals surface area (Å²) in [7, 11) is 2.66. The number of likely N-dealkylation sites (tertiary alicyclic amines) is 1. The predicted octanol–water partition coefficient (Wildman–Crippen LogP) is 7.37. The summed E-state index contributed by atoms with van der Waals surface area (Å²) < 4.78 is 23.8. The molecule has 20 nitrogen and oxygen atoms in total. The topological polar surface area (TPSA) is 250 Å². The van der Waals surface area contributed by atoms with Crippen molar-refractivity contribution < 1.29 is 57.6 Å². The van der Waals surface area contributed by atoms with Gasteiger partial charge in [0.2, 0.25) is 17.7 Å². The van der Waals surface area contributed by atoms with Crippen LogP contribution in [0.1, 0.15) is 94.8 Å². The summed E-state index contributed by atoms with van der Waals surface area (Å²) in [5.41, 5.74) is 4.26. The highest BCUT2D eigenvalue weighted by molar-refractivity contribution is 5.96. The van der Waals surface area contributed by atoms with Crippen molar-refractivity contribution in [3.63, 3.8) is 0 Å². The van der Waals surface area contributed by atoms with Crippen molar-refractivity contribution in [2.24, 2.45) is 5.41 Å². The molecule has 426 valence electrons. The van der Waals surface area contributed by atoms with Crippen molar-refractivity contribution in [1.29, 1.82) is 0 Å². The Morgan fingerprint density at radius 2 is 1.38 bits per heavy atom. The minimum atomic E-state index is -1.39. The zero-order valence-corrected chi connectivity index (χ0v) is 47.0. The largest absolute Gasteiger partial charge is 0.487 e. The van der Waals surface area contributed by atoms with Crippen LogP contribution in [-0.2, 0) is 57.6 Å². The number of esters is 1. The zero-order chi connectivity index (χ0) is 58.3. The fourth-order valence-electron chi connectivity index (χ4n) is 10.2. The van der Waals surface area contributed by atoms with Crippen LogP contribution >= 0.6 is 0 Å². The highest BCUT2D eigenvalue weighted by Crippen LogP contribution is 2.44. The van der Waals surface area contributed by atoms with Crippen LogP contribution in [0.3, 0.4) is 0 Å². The normalized spacial score (nSPS) is 16.4. The van der Waals surface area contributed by atoms with Crippen molar-refractivity contribution in [2.45, 2.75) is 122 Å². The van der Waals surface area contributed by atoms with Crippen molar-refractivity contribution in [3.05, 3.63) is 149 Å². The standard InChI is InChI=1S/C61H70N8O12/c1-36(67(8)59(77)81-61(5,6)7)53(70)64-52(60(2,3)4)55(72)68-29-28-50(51(68)54(71)62-48(56(73)74)32-38-22-25-39-16-10-11-17-40(39)30-38)69-33-41(65-66-69)34-79-42-26-23-37(24-27-42)31-49(57(75)78-9)63-58(76)80-35-47-45-20-14-12-18-43(45)44-19-13-15-21-46(44)47/h10-27,30,33,36,47-52H,28-29,31-32,34-35H2,1-9H3,(H,62,71)(H,63,76)(H,64,70)(H,73,74)/t36-,48-,49-,50+,51-,52+/m0/s1. The number of carbonyl (C=O) groups is 7. The molecule has 8 rings (SSSR count). The third-order valence-electron chi connectivity index (χ3n) is 14.6. The summed E-state index contributed by atoms with van der Waals surface area (Å²) in [5, 5.41) is 29.3. The van der Waals surface area contributed by atoms with E-state index in [4.69, 9.17) is 18.9 Å². The Morgan fingerprint density at radius 3 is 2.01 bits per heavy atom. The number of nitrogens with one attached hydrogen (secondary N) is 3. The Hall–Kier alpha value is -8.81. The lowest BCUT2D eigenvalue weighted by molar-refractivity contribution is -0.147. The Morgan fingerprint density at radius 1 is 0.765 bits per heavy atom. The molecule has 1 aliphatic carbocycles. The molecule has 0 saturated carbocycles. The van der Waals surface area contributed by atoms with Gasteiger partial charge in [0.25, 0.3) is 0 Å². The van der Waals surface area contributed by atoms with E-state index in [0.29, 0.717) is 22.6 Å². The van der Waals surface area contributed by atoms with Crippen LogP contribution in [0.25, 0.3) is 21.9 Å². The quantitative estimate of drug-likeness (QED) is 0.0457. The van der Waals surface area contributed by atoms with E-state index >= 15 is 0 Å². The smallest absolute Gasteiger partial charge is 0.410 e. The summed E-state index contributed by atoms with van der Waals surface area (Å²) in [4.78, 5) is 98.0. The average Bonchev–Trinajstić information content (AvgIpc) is 4.04. The molecular formula is C61H70N8O12. The van der Waals surface area contributed by atoms with E-state index in [2.05, 4.69) is 26.3 Å². The molecular weight excluding hydrogens is 1040 g/mol. The first-order chi connectivity index (χ1) is 38.5. The molecule has 4 N–H and O–H groups in total. The third kappa shape index (κ3) is 14.0. The van der Waals surface area contributed by atoms with Gasteiger partial charge >= 0.3 is 24.1 Å². The number of nitrogens with zero attached hydrogens (tertiary/aromatic N) is 5. The molecule has 6 atom stereocenters. The minimum Gasteiger partial charge on any atom is -0.487 e. The number of aromatic nitrogens is 3. The van der Waals surface area contributed by atoms with Crippen molar-refractivity contribution in [1.82, 2.24) is 40.7 Å². The summed E-state index contributed by atoms with van der Waals surface area (Å²) in [6.07, 6.45) is 0.314. The number of amides is 5. The number of carbonyl (C=O) groups excluding carboxylic acids is 6. The maximum atomic E-state index is 14.9. The molecule has 0 unspecified atom stereocenters. The number of likely N-dealkylation sites (N-methyl/N-ethyl adjacent to an activating group) is 1. The van der Waals surface area contributed by atoms with E-state index < -0.39 is 89.1 Å². The van der Waals surface area contributed by atoms with Gasteiger partial charge in [-0.15, -0.1) is 5.10 Å². The number of hydrogen-bond donors (Lipinski definition) is 4.